The van der Waals surface area contributed by atoms with Crippen LogP contribution in [0.15, 0.2) is 0 Å². The minimum absolute atomic E-state index is 0.816. The first kappa shape index (κ1) is 6.62. The van der Waals surface area contributed by atoms with Crippen molar-refractivity contribution in [2.75, 3.05) is 26.2 Å². The Morgan fingerprint density at radius 3 is 3.10 bits per heavy atom. The lowest BCUT2D eigenvalue weighted by Gasteiger charge is -2.29. The van der Waals surface area contributed by atoms with Crippen LogP contribution in [0.5, 0.6) is 0 Å². The second kappa shape index (κ2) is 2.89. The predicted octanol–water partition coefficient (Wildman–Crippen LogP) is 0.444. The number of piperidine rings is 1. The van der Waals surface area contributed by atoms with Crippen LogP contribution in [0, 0.1) is 0 Å². The van der Waals surface area contributed by atoms with Gasteiger partial charge in [0.25, 0.3) is 0 Å². The lowest BCUT2D eigenvalue weighted by atomic mass is 10.1. The summed E-state index contributed by atoms with van der Waals surface area (Å²) < 4.78 is 0. The fraction of sp³-hybridized carbons (Fsp3) is 1.00. The molecule has 2 fully saturated rings. The highest BCUT2D eigenvalue weighted by Gasteiger charge is 2.20. The van der Waals surface area contributed by atoms with Crippen molar-refractivity contribution in [2.45, 2.75) is 25.3 Å². The molecule has 1 N–H and O–H groups in total. The molecule has 2 rings (SSSR count). The van der Waals surface area contributed by atoms with Crippen LogP contribution >= 0.6 is 0 Å². The van der Waals surface area contributed by atoms with Crippen LogP contribution in [0.4, 0.5) is 0 Å². The molecule has 0 aromatic rings. The van der Waals surface area contributed by atoms with E-state index in [2.05, 4.69) is 10.2 Å². The third-order valence-electron chi connectivity index (χ3n) is 2.59. The minimum atomic E-state index is 0.816. The molecule has 2 aliphatic rings. The van der Waals surface area contributed by atoms with Gasteiger partial charge in [-0.15, -0.1) is 0 Å². The monoisotopic (exact) mass is 140 g/mol. The SMILES string of the molecule is C1CN[C@H]2CCCN(C1)C2. The molecule has 0 aliphatic carbocycles. The van der Waals surface area contributed by atoms with E-state index in [4.69, 9.17) is 0 Å². The second-order valence-corrected chi connectivity index (χ2v) is 3.45. The van der Waals surface area contributed by atoms with Gasteiger partial charge in [-0.1, -0.05) is 0 Å². The van der Waals surface area contributed by atoms with Crippen molar-refractivity contribution in [3.05, 3.63) is 0 Å². The van der Waals surface area contributed by atoms with Gasteiger partial charge < -0.3 is 10.2 Å². The Bertz CT molecular complexity index is 102. The number of nitrogens with one attached hydrogen (secondary N) is 1. The number of rotatable bonds is 0. The summed E-state index contributed by atoms with van der Waals surface area (Å²) in [6, 6.07) is 0.816. The van der Waals surface area contributed by atoms with Gasteiger partial charge in [-0.3, -0.25) is 0 Å². The Morgan fingerprint density at radius 1 is 1.20 bits per heavy atom. The Kier molecular flexibility index (Phi) is 1.91. The third kappa shape index (κ3) is 1.32. The molecule has 10 heavy (non-hydrogen) atoms. The molecule has 2 heteroatoms. The molecule has 0 saturated carbocycles. The van der Waals surface area contributed by atoms with E-state index in [1.54, 1.807) is 0 Å². The summed E-state index contributed by atoms with van der Waals surface area (Å²) in [5.74, 6) is 0. The fourth-order valence-electron chi connectivity index (χ4n) is 2.03. The molecule has 2 aliphatic heterocycles. The highest BCUT2D eigenvalue weighted by molar-refractivity contribution is 4.80. The summed E-state index contributed by atoms with van der Waals surface area (Å²) in [5, 5.41) is 3.57. The highest BCUT2D eigenvalue weighted by Crippen LogP contribution is 2.12. The average molecular weight is 140 g/mol. The zero-order chi connectivity index (χ0) is 6.81. The lowest BCUT2D eigenvalue weighted by Crippen LogP contribution is -2.42. The number of hydrogen-bond donors (Lipinski definition) is 1. The topological polar surface area (TPSA) is 15.3 Å². The van der Waals surface area contributed by atoms with E-state index < -0.39 is 0 Å². The molecule has 0 spiro atoms. The van der Waals surface area contributed by atoms with Crippen molar-refractivity contribution in [3.63, 3.8) is 0 Å². The van der Waals surface area contributed by atoms with Crippen molar-refractivity contribution in [2.24, 2.45) is 0 Å². The normalized spacial score (nSPS) is 40.8. The van der Waals surface area contributed by atoms with Crippen molar-refractivity contribution in [1.29, 1.82) is 0 Å². The van der Waals surface area contributed by atoms with Crippen LogP contribution in [0.3, 0.4) is 0 Å². The van der Waals surface area contributed by atoms with Crippen LogP contribution in [0.1, 0.15) is 19.3 Å². The molecule has 0 aromatic heterocycles. The second-order valence-electron chi connectivity index (χ2n) is 3.45. The number of nitrogens with zero attached hydrogens (tertiary/aromatic N) is 1. The molecular formula is C8H16N2. The molecule has 2 saturated heterocycles. The van der Waals surface area contributed by atoms with Gasteiger partial charge in [0.2, 0.25) is 0 Å². The van der Waals surface area contributed by atoms with Gasteiger partial charge in [0.15, 0.2) is 0 Å². The van der Waals surface area contributed by atoms with Crippen molar-refractivity contribution in [3.8, 4) is 0 Å². The first-order valence-electron chi connectivity index (χ1n) is 4.41. The maximum absolute atomic E-state index is 3.57. The van der Waals surface area contributed by atoms with Gasteiger partial charge in [0.1, 0.15) is 0 Å². The standard InChI is InChI=1S/C8H16N2/c1-3-8-7-10(5-1)6-2-4-9-8/h8-9H,1-7H2/t8-/m0/s1. The fourth-order valence-corrected chi connectivity index (χ4v) is 2.03. The molecular weight excluding hydrogens is 124 g/mol. The summed E-state index contributed by atoms with van der Waals surface area (Å²) in [6.45, 7) is 5.21. The van der Waals surface area contributed by atoms with Gasteiger partial charge in [-0.25, -0.2) is 0 Å². The lowest BCUT2D eigenvalue weighted by molar-refractivity contribution is 0.216. The van der Waals surface area contributed by atoms with E-state index in [1.165, 1.54) is 45.4 Å². The molecule has 2 atom stereocenters. The van der Waals surface area contributed by atoms with Crippen molar-refractivity contribution >= 4 is 0 Å². The first-order valence-corrected chi connectivity index (χ1v) is 4.41. The van der Waals surface area contributed by atoms with Gasteiger partial charge >= 0.3 is 0 Å². The Morgan fingerprint density at radius 2 is 2.10 bits per heavy atom. The van der Waals surface area contributed by atoms with Gasteiger partial charge in [-0.05, 0) is 38.9 Å². The smallest absolute Gasteiger partial charge is 0.0195 e. The van der Waals surface area contributed by atoms with Crippen molar-refractivity contribution < 1.29 is 0 Å². The molecule has 1 unspecified atom stereocenters. The molecule has 0 amide bonds. The number of hydrogen-bond acceptors (Lipinski definition) is 2. The molecule has 58 valence electrons. The molecule has 2 bridgehead atoms. The maximum atomic E-state index is 3.57. The molecule has 2 heterocycles. The van der Waals surface area contributed by atoms with Crippen LogP contribution in [0.25, 0.3) is 0 Å². The minimum Gasteiger partial charge on any atom is -0.313 e. The third-order valence-corrected chi connectivity index (χ3v) is 2.59. The summed E-state index contributed by atoms with van der Waals surface area (Å²) >= 11 is 0. The van der Waals surface area contributed by atoms with Crippen LogP contribution in [0.2, 0.25) is 0 Å². The van der Waals surface area contributed by atoms with E-state index in [9.17, 15) is 0 Å². The van der Waals surface area contributed by atoms with E-state index in [0.29, 0.717) is 0 Å². The van der Waals surface area contributed by atoms with Crippen LogP contribution in [-0.2, 0) is 0 Å². The van der Waals surface area contributed by atoms with Crippen LogP contribution < -0.4 is 5.32 Å². The van der Waals surface area contributed by atoms with Crippen molar-refractivity contribution in [1.82, 2.24) is 10.2 Å². The first-order chi connectivity index (χ1) is 4.95. The zero-order valence-corrected chi connectivity index (χ0v) is 6.47. The highest BCUT2D eigenvalue weighted by atomic mass is 15.2. The zero-order valence-electron chi connectivity index (χ0n) is 6.47. The summed E-state index contributed by atoms with van der Waals surface area (Å²) in [4.78, 5) is 2.59. The molecule has 2 nitrogen and oxygen atoms in total. The summed E-state index contributed by atoms with van der Waals surface area (Å²) in [6.07, 6.45) is 4.14. The van der Waals surface area contributed by atoms with E-state index in [-0.39, 0.29) is 0 Å². The Labute approximate surface area is 62.6 Å². The average Bonchev–Trinajstić information content (AvgIpc) is 2.12. The van der Waals surface area contributed by atoms with Gasteiger partial charge in [-0.2, -0.15) is 0 Å². The van der Waals surface area contributed by atoms with E-state index in [0.717, 1.165) is 6.04 Å². The Balaban J connectivity index is 1.96. The summed E-state index contributed by atoms with van der Waals surface area (Å²) in [5.41, 5.74) is 0. The van der Waals surface area contributed by atoms with Gasteiger partial charge in [0, 0.05) is 12.6 Å². The van der Waals surface area contributed by atoms with Gasteiger partial charge in [0.05, 0.1) is 0 Å². The van der Waals surface area contributed by atoms with E-state index in [1.807, 2.05) is 0 Å². The predicted molar refractivity (Wildman–Crippen MR) is 42.1 cm³/mol. The van der Waals surface area contributed by atoms with E-state index >= 15 is 0 Å². The summed E-state index contributed by atoms with van der Waals surface area (Å²) in [7, 11) is 0. The quantitative estimate of drug-likeness (QED) is 0.525. The maximum Gasteiger partial charge on any atom is 0.0195 e. The largest absolute Gasteiger partial charge is 0.313 e. The Hall–Kier alpha value is -0.0800. The van der Waals surface area contributed by atoms with Crippen LogP contribution in [-0.4, -0.2) is 37.1 Å². The number of fused-ring (bicyclic) bond motifs is 2. The molecule has 0 radical (unpaired) electrons. The molecule has 0 aromatic carbocycles.